The third-order valence-electron chi connectivity index (χ3n) is 4.45. The number of carboxylic acids is 1. The van der Waals surface area contributed by atoms with E-state index < -0.39 is 27.6 Å². The first-order chi connectivity index (χ1) is 12.4. The number of carboxylic acid groups (broad SMARTS) is 1. The SMILES string of the molecule is O=C(O)[C@H]1CCCN(C(=O)c2occc2CS(=O)(=O)c2ccccc2)C1. The van der Waals surface area contributed by atoms with Gasteiger partial charge >= 0.3 is 5.97 Å². The maximum Gasteiger partial charge on any atom is 0.308 e. The smallest absolute Gasteiger partial charge is 0.308 e. The van der Waals surface area contributed by atoms with Gasteiger partial charge in [0.2, 0.25) is 0 Å². The van der Waals surface area contributed by atoms with Crippen LogP contribution in [-0.2, 0) is 20.4 Å². The molecule has 1 aromatic heterocycles. The molecule has 26 heavy (non-hydrogen) atoms. The minimum absolute atomic E-state index is 0.0458. The fourth-order valence-electron chi connectivity index (χ4n) is 3.06. The van der Waals surface area contributed by atoms with Crippen molar-refractivity contribution in [2.45, 2.75) is 23.5 Å². The normalized spacial score (nSPS) is 17.8. The summed E-state index contributed by atoms with van der Waals surface area (Å²) in [7, 11) is -3.62. The molecule has 2 heterocycles. The fraction of sp³-hybridized carbons (Fsp3) is 0.333. The lowest BCUT2D eigenvalue weighted by Gasteiger charge is -2.30. The van der Waals surface area contributed by atoms with Crippen LogP contribution in [-0.4, -0.2) is 43.4 Å². The van der Waals surface area contributed by atoms with Crippen LogP contribution in [0.3, 0.4) is 0 Å². The number of hydrogen-bond donors (Lipinski definition) is 1. The Morgan fingerprint density at radius 1 is 1.19 bits per heavy atom. The van der Waals surface area contributed by atoms with Gasteiger partial charge in [0.1, 0.15) is 0 Å². The third-order valence-corrected chi connectivity index (χ3v) is 6.13. The number of amides is 1. The van der Waals surface area contributed by atoms with Crippen LogP contribution < -0.4 is 0 Å². The van der Waals surface area contributed by atoms with Gasteiger partial charge in [0.25, 0.3) is 5.91 Å². The van der Waals surface area contributed by atoms with Crippen LogP contribution in [0.1, 0.15) is 29.0 Å². The lowest BCUT2D eigenvalue weighted by Crippen LogP contribution is -2.42. The molecule has 3 rings (SSSR count). The molecule has 2 aromatic rings. The Kier molecular flexibility index (Phi) is 5.13. The van der Waals surface area contributed by atoms with E-state index in [1.54, 1.807) is 18.2 Å². The van der Waals surface area contributed by atoms with Crippen molar-refractivity contribution in [1.29, 1.82) is 0 Å². The Bertz CT molecular complexity index is 903. The van der Waals surface area contributed by atoms with Gasteiger partial charge in [-0.2, -0.15) is 0 Å². The van der Waals surface area contributed by atoms with E-state index in [1.807, 2.05) is 0 Å². The van der Waals surface area contributed by atoms with Crippen LogP contribution in [0.4, 0.5) is 0 Å². The summed E-state index contributed by atoms with van der Waals surface area (Å²) in [5.74, 6) is -2.42. The maximum absolute atomic E-state index is 12.7. The monoisotopic (exact) mass is 377 g/mol. The Hall–Kier alpha value is -2.61. The number of piperidine rings is 1. The molecule has 1 N–H and O–H groups in total. The number of benzene rings is 1. The summed E-state index contributed by atoms with van der Waals surface area (Å²) < 4.78 is 30.3. The molecule has 0 bridgehead atoms. The van der Waals surface area contributed by atoms with Crippen LogP contribution in [0.25, 0.3) is 0 Å². The van der Waals surface area contributed by atoms with Crippen molar-refractivity contribution < 1.29 is 27.5 Å². The van der Waals surface area contributed by atoms with Gasteiger partial charge in [0.05, 0.1) is 22.8 Å². The molecule has 1 aliphatic rings. The summed E-state index contributed by atoms with van der Waals surface area (Å²) in [6.45, 7) is 0.522. The number of likely N-dealkylation sites (tertiary alicyclic amines) is 1. The van der Waals surface area contributed by atoms with Crippen molar-refractivity contribution in [2.24, 2.45) is 5.92 Å². The van der Waals surface area contributed by atoms with E-state index in [4.69, 9.17) is 9.52 Å². The molecule has 0 aliphatic carbocycles. The Labute approximate surface area is 151 Å². The zero-order valence-corrected chi connectivity index (χ0v) is 14.8. The number of rotatable bonds is 5. The molecular weight excluding hydrogens is 358 g/mol. The number of nitrogens with zero attached hydrogens (tertiary/aromatic N) is 1. The minimum atomic E-state index is -3.62. The molecule has 0 radical (unpaired) electrons. The van der Waals surface area contributed by atoms with E-state index in [-0.39, 0.29) is 28.5 Å². The highest BCUT2D eigenvalue weighted by Crippen LogP contribution is 2.24. The number of carbonyl (C=O) groups excluding carboxylic acids is 1. The molecule has 0 saturated carbocycles. The van der Waals surface area contributed by atoms with Crippen molar-refractivity contribution in [2.75, 3.05) is 13.1 Å². The summed E-state index contributed by atoms with van der Waals surface area (Å²) in [5, 5.41) is 9.16. The molecule has 1 fully saturated rings. The van der Waals surface area contributed by atoms with Gasteiger partial charge in [-0.05, 0) is 31.0 Å². The van der Waals surface area contributed by atoms with Crippen molar-refractivity contribution in [1.82, 2.24) is 4.90 Å². The zero-order valence-electron chi connectivity index (χ0n) is 14.0. The van der Waals surface area contributed by atoms with Gasteiger partial charge in [-0.3, -0.25) is 9.59 Å². The van der Waals surface area contributed by atoms with Crippen molar-refractivity contribution >= 4 is 21.7 Å². The molecular formula is C18H19NO6S. The summed E-state index contributed by atoms with van der Waals surface area (Å²) in [6, 6.07) is 9.45. The largest absolute Gasteiger partial charge is 0.481 e. The van der Waals surface area contributed by atoms with Gasteiger partial charge in [-0.1, -0.05) is 18.2 Å². The maximum atomic E-state index is 12.7. The predicted molar refractivity (Wildman–Crippen MR) is 92.3 cm³/mol. The van der Waals surface area contributed by atoms with Gasteiger partial charge in [0, 0.05) is 18.7 Å². The zero-order chi connectivity index (χ0) is 18.7. The highest BCUT2D eigenvalue weighted by molar-refractivity contribution is 7.90. The Morgan fingerprint density at radius 2 is 1.92 bits per heavy atom. The van der Waals surface area contributed by atoms with Gasteiger partial charge in [-0.15, -0.1) is 0 Å². The van der Waals surface area contributed by atoms with E-state index in [1.165, 1.54) is 29.4 Å². The predicted octanol–water partition coefficient (Wildman–Crippen LogP) is 2.19. The first-order valence-corrected chi connectivity index (χ1v) is 9.90. The van der Waals surface area contributed by atoms with Gasteiger partial charge < -0.3 is 14.4 Å². The Balaban J connectivity index is 1.80. The van der Waals surface area contributed by atoms with E-state index in [9.17, 15) is 18.0 Å². The number of furan rings is 1. The first-order valence-electron chi connectivity index (χ1n) is 8.25. The van der Waals surface area contributed by atoms with Crippen LogP contribution >= 0.6 is 0 Å². The summed E-state index contributed by atoms with van der Waals surface area (Å²) in [5.41, 5.74) is 0.274. The van der Waals surface area contributed by atoms with E-state index in [2.05, 4.69) is 0 Å². The summed E-state index contributed by atoms with van der Waals surface area (Å²) >= 11 is 0. The standard InChI is InChI=1S/C18H19NO6S/c20-17(19-9-4-5-13(11-19)18(21)22)16-14(8-10-25-16)12-26(23,24)15-6-2-1-3-7-15/h1-3,6-8,10,13H,4-5,9,11-12H2,(H,21,22)/t13-/m0/s1. The van der Waals surface area contributed by atoms with Crippen LogP contribution in [0.5, 0.6) is 0 Å². The number of sulfone groups is 1. The Morgan fingerprint density at radius 3 is 2.62 bits per heavy atom. The van der Waals surface area contributed by atoms with E-state index in [0.717, 1.165) is 0 Å². The topological polar surface area (TPSA) is 105 Å². The molecule has 0 spiro atoms. The first kappa shape index (κ1) is 18.2. The van der Waals surface area contributed by atoms with Gasteiger partial charge in [0.15, 0.2) is 15.6 Å². The summed E-state index contributed by atoms with van der Waals surface area (Å²) in [4.78, 5) is 25.5. The molecule has 1 aromatic carbocycles. The number of aliphatic carboxylic acids is 1. The average molecular weight is 377 g/mol. The molecule has 7 nitrogen and oxygen atoms in total. The van der Waals surface area contributed by atoms with Crippen LogP contribution in [0, 0.1) is 5.92 Å². The minimum Gasteiger partial charge on any atom is -0.481 e. The molecule has 138 valence electrons. The average Bonchev–Trinajstić information content (AvgIpc) is 3.09. The van der Waals surface area contributed by atoms with E-state index in [0.29, 0.717) is 19.4 Å². The van der Waals surface area contributed by atoms with Gasteiger partial charge in [-0.25, -0.2) is 8.42 Å². The molecule has 1 saturated heterocycles. The second-order valence-corrected chi connectivity index (χ2v) is 8.27. The van der Waals surface area contributed by atoms with Crippen LogP contribution in [0.2, 0.25) is 0 Å². The molecule has 0 unspecified atom stereocenters. The second-order valence-electron chi connectivity index (χ2n) is 6.28. The van der Waals surface area contributed by atoms with E-state index >= 15 is 0 Å². The van der Waals surface area contributed by atoms with Crippen LogP contribution in [0.15, 0.2) is 52.0 Å². The molecule has 8 heteroatoms. The lowest BCUT2D eigenvalue weighted by molar-refractivity contribution is -0.143. The molecule has 1 amide bonds. The van der Waals surface area contributed by atoms with Crippen molar-refractivity contribution in [3.8, 4) is 0 Å². The summed E-state index contributed by atoms with van der Waals surface area (Å²) in [6.07, 6.45) is 2.38. The van der Waals surface area contributed by atoms with Crippen molar-refractivity contribution in [3.05, 3.63) is 54.0 Å². The quantitative estimate of drug-likeness (QED) is 0.856. The highest BCUT2D eigenvalue weighted by Gasteiger charge is 2.31. The molecule has 1 atom stereocenters. The van der Waals surface area contributed by atoms with Crippen molar-refractivity contribution in [3.63, 3.8) is 0 Å². The second kappa shape index (κ2) is 7.33. The number of carbonyl (C=O) groups is 2. The number of hydrogen-bond acceptors (Lipinski definition) is 5. The lowest BCUT2D eigenvalue weighted by atomic mass is 9.98. The fourth-order valence-corrected chi connectivity index (χ4v) is 4.43. The third kappa shape index (κ3) is 3.80. The highest BCUT2D eigenvalue weighted by atomic mass is 32.2. The molecule has 1 aliphatic heterocycles.